The molecule has 52 heavy (non-hydrogen) atoms. The van der Waals surface area contributed by atoms with Crippen molar-refractivity contribution < 1.29 is 0 Å². The maximum absolute atomic E-state index is 2.44. The van der Waals surface area contributed by atoms with Gasteiger partial charge in [-0.3, -0.25) is 0 Å². The Labute approximate surface area is 302 Å². The Bertz CT molecular complexity index is 3010. The summed E-state index contributed by atoms with van der Waals surface area (Å²) in [6, 6.07) is 71.9. The van der Waals surface area contributed by atoms with Crippen LogP contribution < -0.4 is 0 Å². The van der Waals surface area contributed by atoms with Gasteiger partial charge in [-0.2, -0.15) is 0 Å². The quantitative estimate of drug-likeness (QED) is 0.165. The lowest BCUT2D eigenvalue weighted by molar-refractivity contribution is 1.63. The fourth-order valence-electron chi connectivity index (χ4n) is 8.82. The Balaban J connectivity index is 1.30. The van der Waals surface area contributed by atoms with E-state index in [2.05, 4.69) is 194 Å². The second kappa shape index (κ2) is 11.4. The van der Waals surface area contributed by atoms with Gasteiger partial charge < -0.3 is 0 Å². The molecule has 0 nitrogen and oxygen atoms in total. The highest BCUT2D eigenvalue weighted by Gasteiger charge is 2.25. The Morgan fingerprint density at radius 3 is 1.42 bits per heavy atom. The van der Waals surface area contributed by atoms with Crippen molar-refractivity contribution in [1.82, 2.24) is 0 Å². The molecule has 0 spiro atoms. The van der Waals surface area contributed by atoms with Gasteiger partial charge in [-0.05, 0) is 128 Å². The minimum atomic E-state index is 1.22. The first-order valence-corrected chi connectivity index (χ1v) is 18.1. The second-order valence-corrected chi connectivity index (χ2v) is 14.0. The van der Waals surface area contributed by atoms with Crippen molar-refractivity contribution in [2.24, 2.45) is 0 Å². The summed E-state index contributed by atoms with van der Waals surface area (Å²) in [5.74, 6) is 0. The molecule has 1 aliphatic rings. The first kappa shape index (κ1) is 29.0. The lowest BCUT2D eigenvalue weighted by Gasteiger charge is -2.21. The third-order valence-electron chi connectivity index (χ3n) is 11.2. The molecule has 0 amide bonds. The van der Waals surface area contributed by atoms with Crippen LogP contribution in [0.4, 0.5) is 0 Å². The summed E-state index contributed by atoms with van der Waals surface area (Å²) in [7, 11) is 0. The largest absolute Gasteiger partial charge is 0.0622 e. The standard InChI is InChI=1S/C52H32/c1-3-12-33(13-4-1)37-25-27-47-48(31-37)50(39-23-22-35-16-7-8-17-36(35)30-39)46-26-24-38(34-14-5-2-6-15-34)32-49(46)52(47)45-29-28-44-41-19-10-9-18-40(41)42-20-11-21-43(45)51(42)44/h1-32H. The van der Waals surface area contributed by atoms with Gasteiger partial charge in [0, 0.05) is 0 Å². The van der Waals surface area contributed by atoms with Crippen molar-refractivity contribution in [2.75, 3.05) is 0 Å². The summed E-state index contributed by atoms with van der Waals surface area (Å²) < 4.78 is 0. The first-order chi connectivity index (χ1) is 25.8. The van der Waals surface area contributed by atoms with Crippen molar-refractivity contribution >= 4 is 43.1 Å². The van der Waals surface area contributed by atoms with Crippen LogP contribution in [0.15, 0.2) is 194 Å². The molecular formula is C52H32. The zero-order valence-electron chi connectivity index (χ0n) is 28.5. The molecular weight excluding hydrogens is 625 g/mol. The van der Waals surface area contributed by atoms with E-state index in [1.165, 1.54) is 110 Å². The summed E-state index contributed by atoms with van der Waals surface area (Å²) in [5, 5.41) is 10.2. The molecule has 0 fully saturated rings. The molecule has 10 aromatic rings. The van der Waals surface area contributed by atoms with Crippen LogP contribution in [-0.2, 0) is 0 Å². The van der Waals surface area contributed by atoms with Crippen molar-refractivity contribution in [1.29, 1.82) is 0 Å². The normalized spacial score (nSPS) is 11.8. The van der Waals surface area contributed by atoms with Gasteiger partial charge in [0.25, 0.3) is 0 Å². The van der Waals surface area contributed by atoms with Gasteiger partial charge in [0.05, 0.1) is 0 Å². The minimum Gasteiger partial charge on any atom is -0.0622 e. The summed E-state index contributed by atoms with van der Waals surface area (Å²) in [5.41, 5.74) is 15.2. The SMILES string of the molecule is c1ccc(-c2ccc3c(-c4ccc5c6c(cccc46)-c4ccccc4-5)c4cc(-c5ccccc5)ccc4c(-c4ccc5ccccc5c4)c3c2)cc1. The predicted octanol–water partition coefficient (Wildman–Crippen LogP) is 14.6. The molecule has 0 atom stereocenters. The molecule has 0 aliphatic heterocycles. The van der Waals surface area contributed by atoms with E-state index >= 15 is 0 Å². The van der Waals surface area contributed by atoms with Crippen LogP contribution in [0.1, 0.15) is 0 Å². The molecule has 0 heteroatoms. The molecule has 0 unspecified atom stereocenters. The van der Waals surface area contributed by atoms with E-state index in [9.17, 15) is 0 Å². The van der Waals surface area contributed by atoms with Gasteiger partial charge >= 0.3 is 0 Å². The van der Waals surface area contributed by atoms with Gasteiger partial charge in [-0.1, -0.05) is 176 Å². The van der Waals surface area contributed by atoms with Gasteiger partial charge in [0.1, 0.15) is 0 Å². The molecule has 0 heterocycles. The zero-order chi connectivity index (χ0) is 34.2. The monoisotopic (exact) mass is 656 g/mol. The molecule has 0 saturated heterocycles. The van der Waals surface area contributed by atoms with E-state index in [4.69, 9.17) is 0 Å². The second-order valence-electron chi connectivity index (χ2n) is 14.0. The highest BCUT2D eigenvalue weighted by atomic mass is 14.3. The fourth-order valence-corrected chi connectivity index (χ4v) is 8.82. The van der Waals surface area contributed by atoms with Crippen LogP contribution in [0.2, 0.25) is 0 Å². The molecule has 0 aromatic heterocycles. The molecule has 240 valence electrons. The molecule has 11 rings (SSSR count). The molecule has 1 aliphatic carbocycles. The van der Waals surface area contributed by atoms with Crippen molar-refractivity contribution in [3.63, 3.8) is 0 Å². The van der Waals surface area contributed by atoms with Crippen molar-refractivity contribution in [2.45, 2.75) is 0 Å². The van der Waals surface area contributed by atoms with E-state index in [-0.39, 0.29) is 0 Å². The van der Waals surface area contributed by atoms with Crippen LogP contribution in [0.25, 0.3) is 110 Å². The Morgan fingerprint density at radius 1 is 0.212 bits per heavy atom. The Morgan fingerprint density at radius 2 is 0.731 bits per heavy atom. The van der Waals surface area contributed by atoms with E-state index < -0.39 is 0 Å². The van der Waals surface area contributed by atoms with Crippen molar-refractivity contribution in [3.05, 3.63) is 194 Å². The Kier molecular flexibility index (Phi) is 6.35. The van der Waals surface area contributed by atoms with E-state index in [0.29, 0.717) is 0 Å². The molecule has 10 aromatic carbocycles. The summed E-state index contributed by atoms with van der Waals surface area (Å²) in [6.07, 6.45) is 0. The first-order valence-electron chi connectivity index (χ1n) is 18.1. The van der Waals surface area contributed by atoms with Crippen LogP contribution in [0.5, 0.6) is 0 Å². The lowest BCUT2D eigenvalue weighted by atomic mass is 9.82. The number of hydrogen-bond donors (Lipinski definition) is 0. The third kappa shape index (κ3) is 4.35. The summed E-state index contributed by atoms with van der Waals surface area (Å²) in [4.78, 5) is 0. The molecule has 0 radical (unpaired) electrons. The number of hydrogen-bond acceptors (Lipinski definition) is 0. The maximum atomic E-state index is 2.44. The highest BCUT2D eigenvalue weighted by Crippen LogP contribution is 2.52. The van der Waals surface area contributed by atoms with Crippen LogP contribution in [0, 0.1) is 0 Å². The number of benzene rings is 10. The van der Waals surface area contributed by atoms with Crippen LogP contribution in [0.3, 0.4) is 0 Å². The molecule has 0 bridgehead atoms. The lowest BCUT2D eigenvalue weighted by Crippen LogP contribution is -1.94. The smallest absolute Gasteiger partial charge is 0.00199 e. The summed E-state index contributed by atoms with van der Waals surface area (Å²) >= 11 is 0. The molecule has 0 saturated carbocycles. The average molecular weight is 657 g/mol. The van der Waals surface area contributed by atoms with Crippen LogP contribution >= 0.6 is 0 Å². The fraction of sp³-hybridized carbons (Fsp3) is 0. The topological polar surface area (TPSA) is 0 Å². The Hall–Kier alpha value is -6.76. The predicted molar refractivity (Wildman–Crippen MR) is 223 cm³/mol. The molecule has 0 N–H and O–H groups in total. The third-order valence-corrected chi connectivity index (χ3v) is 11.2. The van der Waals surface area contributed by atoms with E-state index in [1.807, 2.05) is 0 Å². The highest BCUT2D eigenvalue weighted by molar-refractivity contribution is 6.27. The minimum absolute atomic E-state index is 1.22. The van der Waals surface area contributed by atoms with Crippen molar-refractivity contribution in [3.8, 4) is 66.8 Å². The zero-order valence-corrected chi connectivity index (χ0v) is 28.5. The van der Waals surface area contributed by atoms with Gasteiger partial charge in [0.15, 0.2) is 0 Å². The van der Waals surface area contributed by atoms with E-state index in [1.54, 1.807) is 0 Å². The maximum Gasteiger partial charge on any atom is -0.00199 e. The average Bonchev–Trinajstić information content (AvgIpc) is 3.55. The number of rotatable bonds is 4. The summed E-state index contributed by atoms with van der Waals surface area (Å²) in [6.45, 7) is 0. The van der Waals surface area contributed by atoms with Gasteiger partial charge in [0.2, 0.25) is 0 Å². The van der Waals surface area contributed by atoms with Gasteiger partial charge in [-0.25, -0.2) is 0 Å². The van der Waals surface area contributed by atoms with E-state index in [0.717, 1.165) is 0 Å². The van der Waals surface area contributed by atoms with Crippen LogP contribution in [-0.4, -0.2) is 0 Å². The van der Waals surface area contributed by atoms with Gasteiger partial charge in [-0.15, -0.1) is 0 Å². The number of fused-ring (bicyclic) bond motifs is 6.